The number of amides is 1. The van der Waals surface area contributed by atoms with E-state index in [-0.39, 0.29) is 45.7 Å². The predicted molar refractivity (Wildman–Crippen MR) is 113 cm³/mol. The number of thiazole rings is 1. The van der Waals surface area contributed by atoms with Crippen molar-refractivity contribution in [1.29, 1.82) is 5.26 Å². The normalized spacial score (nSPS) is 10.2. The molecule has 0 aliphatic rings. The molecule has 3 aromatic heterocycles. The number of aromatic nitrogens is 4. The fraction of sp³-hybridized carbons (Fsp3) is 0.0952. The first-order chi connectivity index (χ1) is 15.4. The molecule has 1 amide bonds. The Bertz CT molecular complexity index is 1430. The van der Waals surface area contributed by atoms with Crippen molar-refractivity contribution < 1.29 is 38.3 Å². The van der Waals surface area contributed by atoms with Crippen LogP contribution in [-0.4, -0.2) is 38.9 Å². The van der Waals surface area contributed by atoms with Gasteiger partial charge in [-0.15, -0.1) is 0 Å². The van der Waals surface area contributed by atoms with Crippen LogP contribution in [0.5, 0.6) is 5.75 Å². The van der Waals surface area contributed by atoms with Crippen molar-refractivity contribution >= 4 is 38.8 Å². The first-order valence-corrected chi connectivity index (χ1v) is 9.92. The Hall–Kier alpha value is -3.83. The van der Waals surface area contributed by atoms with Gasteiger partial charge in [-0.3, -0.25) is 15.1 Å². The number of carboxylic acid groups (broad SMARTS) is 1. The molecule has 4 aromatic rings. The van der Waals surface area contributed by atoms with Gasteiger partial charge in [0.2, 0.25) is 0 Å². The molecular weight excluding hydrogens is 439 g/mol. The molecule has 1 N–H and O–H groups in total. The zero-order valence-corrected chi connectivity index (χ0v) is 18.6. The number of pyridine rings is 1. The molecule has 10 nitrogen and oxygen atoms in total. The molecule has 0 spiro atoms. The molecule has 0 aliphatic heterocycles. The second kappa shape index (κ2) is 9.75. The van der Waals surface area contributed by atoms with Gasteiger partial charge in [0.05, 0.1) is 36.5 Å². The number of anilines is 1. The largest absolute Gasteiger partial charge is 1.00 e. The van der Waals surface area contributed by atoms with Crippen LogP contribution in [-0.2, 0) is 0 Å². The van der Waals surface area contributed by atoms with Crippen LogP contribution in [0.25, 0.3) is 21.6 Å². The molecule has 12 heteroatoms. The van der Waals surface area contributed by atoms with Gasteiger partial charge in [0.25, 0.3) is 5.91 Å². The van der Waals surface area contributed by atoms with E-state index in [2.05, 4.69) is 31.3 Å². The molecule has 1 aromatic carbocycles. The Balaban J connectivity index is 0.00000306. The standard InChI is InChI=1S/C21H14N6O4S.Li/c1-10-5-12(13-6-11(7-22)3-4-16(13)31-2)14(8-23-10)18(28)27-21-26-17-19(32-21)25-15(9-24-17)20(29)30;/h3-6,8-9H,1-2H3,(H,29,30)(H,24,26,27,28);/q;+1/p-1. The number of hydrogen-bond acceptors (Lipinski definition) is 10. The van der Waals surface area contributed by atoms with Crippen LogP contribution < -0.4 is 34.0 Å². The third-order valence-corrected chi connectivity index (χ3v) is 5.31. The maximum Gasteiger partial charge on any atom is 1.00 e. The zero-order valence-electron chi connectivity index (χ0n) is 17.7. The molecule has 3 heterocycles. The van der Waals surface area contributed by atoms with Gasteiger partial charge in [0, 0.05) is 23.0 Å². The number of carbonyl (C=O) groups is 2. The first-order valence-electron chi connectivity index (χ1n) is 9.11. The number of aryl methyl sites for hydroxylation is 1. The van der Waals surface area contributed by atoms with E-state index in [9.17, 15) is 20.0 Å². The van der Waals surface area contributed by atoms with Crippen LogP contribution in [0.2, 0.25) is 0 Å². The van der Waals surface area contributed by atoms with Crippen LogP contribution in [0, 0.1) is 18.3 Å². The predicted octanol–water partition coefficient (Wildman–Crippen LogP) is -1.04. The molecule has 0 aliphatic carbocycles. The van der Waals surface area contributed by atoms with E-state index in [1.54, 1.807) is 31.2 Å². The molecule has 4 rings (SSSR count). The Morgan fingerprint density at radius 2 is 1.94 bits per heavy atom. The number of nitriles is 1. The second-order valence-electron chi connectivity index (χ2n) is 6.54. The van der Waals surface area contributed by atoms with Gasteiger partial charge < -0.3 is 14.6 Å². The van der Waals surface area contributed by atoms with Gasteiger partial charge in [0.15, 0.2) is 15.6 Å². The maximum absolute atomic E-state index is 13.1. The number of methoxy groups -OCH3 is 1. The fourth-order valence-electron chi connectivity index (χ4n) is 2.99. The van der Waals surface area contributed by atoms with Crippen LogP contribution in [0.15, 0.2) is 36.7 Å². The Labute approximate surface area is 203 Å². The summed E-state index contributed by atoms with van der Waals surface area (Å²) in [6, 6.07) is 8.72. The summed E-state index contributed by atoms with van der Waals surface area (Å²) in [7, 11) is 1.50. The second-order valence-corrected chi connectivity index (χ2v) is 7.52. The van der Waals surface area contributed by atoms with E-state index in [4.69, 9.17) is 4.74 Å². The Morgan fingerprint density at radius 1 is 1.15 bits per heavy atom. The summed E-state index contributed by atoms with van der Waals surface area (Å²) in [4.78, 5) is 40.5. The third-order valence-electron chi connectivity index (χ3n) is 4.46. The minimum Gasteiger partial charge on any atom is -0.543 e. The van der Waals surface area contributed by atoms with E-state index in [1.807, 2.05) is 0 Å². The Kier molecular flexibility index (Phi) is 7.04. The number of ether oxygens (including phenoxy) is 1. The summed E-state index contributed by atoms with van der Waals surface area (Å²) in [6.07, 6.45) is 2.47. The summed E-state index contributed by atoms with van der Waals surface area (Å²) < 4.78 is 5.42. The molecule has 158 valence electrons. The van der Waals surface area contributed by atoms with Gasteiger partial charge in [-0.1, -0.05) is 11.3 Å². The van der Waals surface area contributed by atoms with Crippen molar-refractivity contribution in [2.45, 2.75) is 6.92 Å². The van der Waals surface area contributed by atoms with Crippen molar-refractivity contribution in [3.05, 3.63) is 59.2 Å². The number of fused-ring (bicyclic) bond motifs is 1. The topological polar surface area (TPSA) is 154 Å². The number of carbonyl (C=O) groups excluding carboxylic acids is 2. The van der Waals surface area contributed by atoms with E-state index in [1.165, 1.54) is 13.3 Å². The monoisotopic (exact) mass is 452 g/mol. The van der Waals surface area contributed by atoms with Crippen LogP contribution in [0.3, 0.4) is 0 Å². The number of carboxylic acids is 1. The van der Waals surface area contributed by atoms with E-state index < -0.39 is 11.9 Å². The summed E-state index contributed by atoms with van der Waals surface area (Å²) >= 11 is 0.974. The summed E-state index contributed by atoms with van der Waals surface area (Å²) in [5, 5.41) is 23.1. The molecule has 0 bridgehead atoms. The number of rotatable bonds is 5. The minimum absolute atomic E-state index is 0. The van der Waals surface area contributed by atoms with Gasteiger partial charge in [0.1, 0.15) is 11.4 Å². The van der Waals surface area contributed by atoms with Crippen LogP contribution in [0.1, 0.15) is 32.1 Å². The molecule has 0 fully saturated rings. The van der Waals surface area contributed by atoms with Gasteiger partial charge in [-0.25, -0.2) is 9.97 Å². The smallest absolute Gasteiger partial charge is 0.543 e. The van der Waals surface area contributed by atoms with Crippen molar-refractivity contribution in [3.63, 3.8) is 0 Å². The number of aromatic carboxylic acids is 1. The maximum atomic E-state index is 13.1. The number of benzene rings is 1. The molecule has 0 unspecified atom stereocenters. The first kappa shape index (κ1) is 23.8. The van der Waals surface area contributed by atoms with Crippen LogP contribution >= 0.6 is 11.3 Å². The molecule has 0 saturated carbocycles. The average Bonchev–Trinajstić information content (AvgIpc) is 3.19. The van der Waals surface area contributed by atoms with Gasteiger partial charge in [-0.2, -0.15) is 10.2 Å². The van der Waals surface area contributed by atoms with Gasteiger partial charge in [-0.05, 0) is 31.2 Å². The summed E-state index contributed by atoms with van der Waals surface area (Å²) in [6.45, 7) is 1.78. The minimum atomic E-state index is -1.46. The van der Waals surface area contributed by atoms with E-state index in [0.717, 1.165) is 17.5 Å². The molecule has 0 atom stereocenters. The molecule has 33 heavy (non-hydrogen) atoms. The van der Waals surface area contributed by atoms with E-state index >= 15 is 0 Å². The van der Waals surface area contributed by atoms with E-state index in [0.29, 0.717) is 28.1 Å². The summed E-state index contributed by atoms with van der Waals surface area (Å²) in [5.74, 6) is -1.47. The average molecular weight is 452 g/mol. The zero-order chi connectivity index (χ0) is 22.8. The third kappa shape index (κ3) is 4.83. The van der Waals surface area contributed by atoms with Crippen molar-refractivity contribution in [2.75, 3.05) is 12.4 Å². The number of nitrogens with one attached hydrogen (secondary N) is 1. The quantitative estimate of drug-likeness (QED) is 0.374. The SMILES string of the molecule is COc1ccc(C#N)cc1-c1cc(C)ncc1C(=O)Nc1nc2ncc(C(=O)[O-])nc2s1.[Li+]. The van der Waals surface area contributed by atoms with Crippen molar-refractivity contribution in [1.82, 2.24) is 19.9 Å². The Morgan fingerprint density at radius 3 is 2.64 bits per heavy atom. The number of nitrogens with zero attached hydrogens (tertiary/aromatic N) is 5. The fourth-order valence-corrected chi connectivity index (χ4v) is 3.78. The molecule has 0 saturated heterocycles. The molecular formula is C21H13LiN6O4S. The summed E-state index contributed by atoms with van der Waals surface area (Å²) in [5.41, 5.74) is 2.28. The van der Waals surface area contributed by atoms with Gasteiger partial charge >= 0.3 is 18.9 Å². The van der Waals surface area contributed by atoms with Crippen LogP contribution in [0.4, 0.5) is 5.13 Å². The number of hydrogen-bond donors (Lipinski definition) is 1. The molecule has 0 radical (unpaired) electrons. The van der Waals surface area contributed by atoms with Crippen molar-refractivity contribution in [2.24, 2.45) is 0 Å². The van der Waals surface area contributed by atoms with Crippen molar-refractivity contribution in [3.8, 4) is 22.9 Å².